The van der Waals surface area contributed by atoms with E-state index in [0.717, 1.165) is 37.6 Å². The zero-order valence-corrected chi connectivity index (χ0v) is 12.3. The van der Waals surface area contributed by atoms with Gasteiger partial charge in [-0.3, -0.25) is 4.90 Å². The van der Waals surface area contributed by atoms with E-state index in [1.54, 1.807) is 11.3 Å². The van der Waals surface area contributed by atoms with Gasteiger partial charge in [0.2, 0.25) is 0 Å². The first-order chi connectivity index (χ1) is 8.58. The largest absolute Gasteiger partial charge is 0.386 e. The summed E-state index contributed by atoms with van der Waals surface area (Å²) in [5, 5.41) is 10.7. The maximum absolute atomic E-state index is 10.7. The Bertz CT molecular complexity index is 387. The molecule has 2 heterocycles. The zero-order chi connectivity index (χ0) is 13.2. The third kappa shape index (κ3) is 2.62. The number of aryl methyl sites for hydroxylation is 1. The van der Waals surface area contributed by atoms with Gasteiger partial charge in [-0.25, -0.2) is 0 Å². The Morgan fingerprint density at radius 3 is 2.61 bits per heavy atom. The lowest BCUT2D eigenvalue weighted by Gasteiger charge is -2.45. The van der Waals surface area contributed by atoms with Gasteiger partial charge < -0.3 is 9.84 Å². The number of ether oxygens (including phenoxy) is 1. The maximum Gasteiger partial charge on any atom is 0.106 e. The third-order valence-corrected chi connectivity index (χ3v) is 5.12. The molecule has 1 saturated heterocycles. The highest BCUT2D eigenvalue weighted by Gasteiger charge is 2.39. The number of thiophene rings is 1. The fourth-order valence-electron chi connectivity index (χ4n) is 2.57. The molecule has 0 aliphatic carbocycles. The van der Waals surface area contributed by atoms with Crippen LogP contribution in [0.4, 0.5) is 0 Å². The van der Waals surface area contributed by atoms with Crippen molar-refractivity contribution in [3.8, 4) is 0 Å². The molecule has 102 valence electrons. The molecule has 0 aromatic carbocycles. The van der Waals surface area contributed by atoms with Gasteiger partial charge in [-0.2, -0.15) is 0 Å². The third-order valence-electron chi connectivity index (χ3n) is 4.07. The fourth-order valence-corrected chi connectivity index (χ4v) is 3.58. The molecule has 0 spiro atoms. The van der Waals surface area contributed by atoms with Gasteiger partial charge in [0, 0.05) is 28.4 Å². The van der Waals surface area contributed by atoms with Crippen LogP contribution in [-0.2, 0) is 4.74 Å². The first-order valence-electron chi connectivity index (χ1n) is 6.65. The lowest BCUT2D eigenvalue weighted by Crippen LogP contribution is -2.54. The molecule has 2 unspecified atom stereocenters. The second-order valence-corrected chi connectivity index (χ2v) is 6.48. The highest BCUT2D eigenvalue weighted by Crippen LogP contribution is 2.37. The van der Waals surface area contributed by atoms with Gasteiger partial charge in [0.05, 0.1) is 13.2 Å². The molecule has 1 N–H and O–H groups in total. The lowest BCUT2D eigenvalue weighted by atomic mass is 9.88. The summed E-state index contributed by atoms with van der Waals surface area (Å²) in [4.78, 5) is 4.70. The molecule has 1 aromatic rings. The van der Waals surface area contributed by atoms with Crippen molar-refractivity contribution >= 4 is 11.3 Å². The van der Waals surface area contributed by atoms with Crippen LogP contribution in [0.2, 0.25) is 0 Å². The average Bonchev–Trinajstić information content (AvgIpc) is 2.84. The smallest absolute Gasteiger partial charge is 0.106 e. The van der Waals surface area contributed by atoms with Crippen LogP contribution < -0.4 is 0 Å². The van der Waals surface area contributed by atoms with Crippen molar-refractivity contribution in [2.24, 2.45) is 0 Å². The molecule has 4 heteroatoms. The van der Waals surface area contributed by atoms with E-state index in [0.29, 0.717) is 0 Å². The summed E-state index contributed by atoms with van der Waals surface area (Å²) in [7, 11) is 0. The van der Waals surface area contributed by atoms with Crippen LogP contribution in [0.3, 0.4) is 0 Å². The quantitative estimate of drug-likeness (QED) is 0.912. The van der Waals surface area contributed by atoms with Crippen LogP contribution in [-0.4, -0.2) is 41.8 Å². The van der Waals surface area contributed by atoms with Crippen LogP contribution in [0.25, 0.3) is 0 Å². The molecule has 0 amide bonds. The monoisotopic (exact) mass is 269 g/mol. The minimum atomic E-state index is -0.417. The van der Waals surface area contributed by atoms with Gasteiger partial charge in [-0.15, -0.1) is 11.3 Å². The van der Waals surface area contributed by atoms with Gasteiger partial charge in [0.15, 0.2) is 0 Å². The Morgan fingerprint density at radius 2 is 2.11 bits per heavy atom. The van der Waals surface area contributed by atoms with Crippen LogP contribution in [0.15, 0.2) is 12.1 Å². The van der Waals surface area contributed by atoms with Crippen molar-refractivity contribution in [3.05, 3.63) is 21.9 Å². The molecule has 0 bridgehead atoms. The molecule has 0 saturated carbocycles. The van der Waals surface area contributed by atoms with Crippen molar-refractivity contribution in [2.75, 3.05) is 26.3 Å². The number of nitrogens with zero attached hydrogens (tertiary/aromatic N) is 1. The van der Waals surface area contributed by atoms with Crippen molar-refractivity contribution < 1.29 is 9.84 Å². The van der Waals surface area contributed by atoms with E-state index in [-0.39, 0.29) is 5.54 Å². The molecular formula is C14H23NO2S. The molecule has 3 nitrogen and oxygen atoms in total. The summed E-state index contributed by atoms with van der Waals surface area (Å²) in [5.74, 6) is 0. The Morgan fingerprint density at radius 1 is 1.44 bits per heavy atom. The standard InChI is InChI=1S/C14H23NO2S/c1-4-14(3,15-7-9-17-10-8-15)13(16)12-6-5-11(2)18-12/h5-6,13,16H,4,7-10H2,1-3H3. The van der Waals surface area contributed by atoms with E-state index >= 15 is 0 Å². The summed E-state index contributed by atoms with van der Waals surface area (Å²) in [6, 6.07) is 4.14. The number of hydrogen-bond donors (Lipinski definition) is 1. The van der Waals surface area contributed by atoms with Gasteiger partial charge in [-0.05, 0) is 32.4 Å². The van der Waals surface area contributed by atoms with Crippen LogP contribution >= 0.6 is 11.3 Å². The van der Waals surface area contributed by atoms with E-state index < -0.39 is 6.10 Å². The SMILES string of the molecule is CCC(C)(C(O)c1ccc(C)s1)N1CCOCC1. The summed E-state index contributed by atoms with van der Waals surface area (Å²) in [6.45, 7) is 9.76. The number of aliphatic hydroxyl groups excluding tert-OH is 1. The number of morpholine rings is 1. The first-order valence-corrected chi connectivity index (χ1v) is 7.47. The molecule has 2 rings (SSSR count). The number of hydrogen-bond acceptors (Lipinski definition) is 4. The molecule has 2 atom stereocenters. The molecule has 1 fully saturated rings. The highest BCUT2D eigenvalue weighted by atomic mass is 32.1. The summed E-state index contributed by atoms with van der Waals surface area (Å²) >= 11 is 1.69. The fraction of sp³-hybridized carbons (Fsp3) is 0.714. The summed E-state index contributed by atoms with van der Waals surface area (Å²) < 4.78 is 5.41. The molecular weight excluding hydrogens is 246 g/mol. The minimum Gasteiger partial charge on any atom is -0.386 e. The average molecular weight is 269 g/mol. The van der Waals surface area contributed by atoms with Crippen molar-refractivity contribution in [2.45, 2.75) is 38.8 Å². The van der Waals surface area contributed by atoms with Crippen molar-refractivity contribution in [1.29, 1.82) is 0 Å². The first kappa shape index (κ1) is 14.0. The van der Waals surface area contributed by atoms with Crippen LogP contribution in [0.5, 0.6) is 0 Å². The molecule has 1 aliphatic heterocycles. The Kier molecular flexibility index (Phi) is 4.43. The molecule has 0 radical (unpaired) electrons. The van der Waals surface area contributed by atoms with E-state index in [1.807, 2.05) is 0 Å². The predicted octanol–water partition coefficient (Wildman–Crippen LogP) is 2.59. The van der Waals surface area contributed by atoms with Gasteiger partial charge in [0.25, 0.3) is 0 Å². The van der Waals surface area contributed by atoms with E-state index in [2.05, 4.69) is 37.8 Å². The Hall–Kier alpha value is -0.420. The number of rotatable bonds is 4. The second kappa shape index (κ2) is 5.70. The minimum absolute atomic E-state index is 0.193. The normalized spacial score (nSPS) is 22.7. The zero-order valence-electron chi connectivity index (χ0n) is 11.5. The summed E-state index contributed by atoms with van der Waals surface area (Å²) in [5.41, 5.74) is -0.193. The van der Waals surface area contributed by atoms with Crippen molar-refractivity contribution in [1.82, 2.24) is 4.90 Å². The van der Waals surface area contributed by atoms with Gasteiger partial charge >= 0.3 is 0 Å². The molecule has 1 aliphatic rings. The lowest BCUT2D eigenvalue weighted by molar-refractivity contribution is -0.0723. The number of aliphatic hydroxyl groups is 1. The van der Waals surface area contributed by atoms with Gasteiger partial charge in [-0.1, -0.05) is 6.92 Å². The molecule has 1 aromatic heterocycles. The molecule has 18 heavy (non-hydrogen) atoms. The van der Waals surface area contributed by atoms with E-state index in [9.17, 15) is 5.11 Å². The Balaban J connectivity index is 2.19. The predicted molar refractivity (Wildman–Crippen MR) is 75.1 cm³/mol. The second-order valence-electron chi connectivity index (χ2n) is 5.16. The van der Waals surface area contributed by atoms with Crippen molar-refractivity contribution in [3.63, 3.8) is 0 Å². The van der Waals surface area contributed by atoms with Crippen LogP contribution in [0.1, 0.15) is 36.1 Å². The van der Waals surface area contributed by atoms with E-state index in [4.69, 9.17) is 4.74 Å². The van der Waals surface area contributed by atoms with Gasteiger partial charge in [0.1, 0.15) is 6.10 Å². The maximum atomic E-state index is 10.7. The Labute approximate surface area is 113 Å². The van der Waals surface area contributed by atoms with Crippen LogP contribution in [0, 0.1) is 6.92 Å². The highest BCUT2D eigenvalue weighted by molar-refractivity contribution is 7.12. The summed E-state index contributed by atoms with van der Waals surface area (Å²) in [6.07, 6.45) is 0.518. The van der Waals surface area contributed by atoms with E-state index in [1.165, 1.54) is 4.88 Å². The topological polar surface area (TPSA) is 32.7 Å².